The minimum Gasteiger partial charge on any atom is -0.307 e. The Bertz CT molecular complexity index is 1280. The van der Waals surface area contributed by atoms with E-state index in [0.717, 1.165) is 74.6 Å². The fourth-order valence-electron chi connectivity index (χ4n) is 5.64. The monoisotopic (exact) mass is 490 g/mol. The molecule has 5 rings (SSSR count). The Labute approximate surface area is 207 Å². The summed E-state index contributed by atoms with van der Waals surface area (Å²) in [5.74, 6) is 0. The normalized spacial score (nSPS) is 19.5. The summed E-state index contributed by atoms with van der Waals surface area (Å²) < 4.78 is 27.5. The van der Waals surface area contributed by atoms with Gasteiger partial charge in [0.1, 0.15) is 0 Å². The molecular formula is C27H30N4O3S. The zero-order valence-corrected chi connectivity index (χ0v) is 20.5. The van der Waals surface area contributed by atoms with Crippen LogP contribution in [0, 0.1) is 6.57 Å². The zero-order chi connectivity index (χ0) is 24.4. The van der Waals surface area contributed by atoms with Crippen LogP contribution in [0.1, 0.15) is 53.5 Å². The molecule has 1 saturated heterocycles. The van der Waals surface area contributed by atoms with Crippen LogP contribution in [0.5, 0.6) is 0 Å². The second-order valence-electron chi connectivity index (χ2n) is 9.62. The standard InChI is InChI=1S/C27H30N4O3S/c1-28-22-12-10-19(11-13-22)18-31-15-4-7-23(31)14-16-35(33,34)30-27(32)29-26-24-8-2-5-20(24)17-21-6-3-9-25(21)26/h10-14,16-17,23H,2-9,15,18H2,(H2,29,30,32)/b16-14+/t23-/m0/s1. The number of sulfonamides is 1. The number of urea groups is 1. The van der Waals surface area contributed by atoms with Crippen molar-refractivity contribution in [3.05, 3.63) is 81.1 Å². The number of carbonyl (C=O) groups excluding carboxylic acids is 1. The Hall–Kier alpha value is -3.15. The minimum atomic E-state index is -3.92. The molecule has 2 aromatic carbocycles. The van der Waals surface area contributed by atoms with Gasteiger partial charge in [0.2, 0.25) is 0 Å². The van der Waals surface area contributed by atoms with Crippen molar-refractivity contribution in [1.82, 2.24) is 9.62 Å². The van der Waals surface area contributed by atoms with E-state index in [0.29, 0.717) is 12.2 Å². The van der Waals surface area contributed by atoms with Gasteiger partial charge in [0, 0.05) is 23.7 Å². The van der Waals surface area contributed by atoms with Gasteiger partial charge in [0.25, 0.3) is 10.0 Å². The molecule has 35 heavy (non-hydrogen) atoms. The van der Waals surface area contributed by atoms with E-state index in [1.807, 2.05) is 12.1 Å². The Balaban J connectivity index is 1.23. The van der Waals surface area contributed by atoms with Crippen LogP contribution in [0.3, 0.4) is 0 Å². The summed E-state index contributed by atoms with van der Waals surface area (Å²) in [4.78, 5) is 18.4. The van der Waals surface area contributed by atoms with E-state index in [4.69, 9.17) is 6.57 Å². The van der Waals surface area contributed by atoms with Crippen LogP contribution in [0.4, 0.5) is 16.2 Å². The maximum absolute atomic E-state index is 12.7. The molecule has 0 spiro atoms. The molecule has 2 N–H and O–H groups in total. The SMILES string of the molecule is [C-]#[N+]c1ccc(CN2CCC[C@H]2/C=C/S(=O)(=O)NC(=O)Nc2c3c(cc4c2CCC4)CCC3)cc1. The van der Waals surface area contributed by atoms with E-state index in [1.54, 1.807) is 18.2 Å². The highest BCUT2D eigenvalue weighted by atomic mass is 32.2. The minimum absolute atomic E-state index is 0.0177. The van der Waals surface area contributed by atoms with E-state index < -0.39 is 16.1 Å². The first-order valence-corrected chi connectivity index (χ1v) is 13.9. The first-order chi connectivity index (χ1) is 16.9. The molecule has 0 aromatic heterocycles. The molecule has 1 aliphatic heterocycles. The van der Waals surface area contributed by atoms with Crippen LogP contribution in [0.15, 0.2) is 41.8 Å². The Morgan fingerprint density at radius 2 is 1.74 bits per heavy atom. The summed E-state index contributed by atoms with van der Waals surface area (Å²) in [6.45, 7) is 8.63. The molecule has 2 aliphatic carbocycles. The fraction of sp³-hybridized carbons (Fsp3) is 0.407. The molecule has 2 amide bonds. The van der Waals surface area contributed by atoms with Gasteiger partial charge in [-0.3, -0.25) is 4.90 Å². The molecule has 182 valence electrons. The number of benzene rings is 2. The lowest BCUT2D eigenvalue weighted by Crippen LogP contribution is -2.34. The molecule has 0 bridgehead atoms. The Kier molecular flexibility index (Phi) is 6.63. The van der Waals surface area contributed by atoms with Crippen LogP contribution in [0.25, 0.3) is 4.85 Å². The highest BCUT2D eigenvalue weighted by Crippen LogP contribution is 2.38. The second-order valence-corrected chi connectivity index (χ2v) is 11.2. The van der Waals surface area contributed by atoms with Crippen molar-refractivity contribution in [1.29, 1.82) is 0 Å². The number of nitrogens with zero attached hydrogens (tertiary/aromatic N) is 2. The average molecular weight is 491 g/mol. The van der Waals surface area contributed by atoms with Crippen LogP contribution < -0.4 is 10.0 Å². The highest BCUT2D eigenvalue weighted by molar-refractivity contribution is 7.92. The predicted octanol–water partition coefficient (Wildman–Crippen LogP) is 4.84. The fourth-order valence-corrected chi connectivity index (χ4v) is 6.41. The smallest absolute Gasteiger partial charge is 0.307 e. The van der Waals surface area contributed by atoms with E-state index >= 15 is 0 Å². The van der Waals surface area contributed by atoms with Gasteiger partial charge >= 0.3 is 6.03 Å². The van der Waals surface area contributed by atoms with Gasteiger partial charge in [-0.2, -0.15) is 0 Å². The van der Waals surface area contributed by atoms with Crippen molar-refractivity contribution in [3.8, 4) is 0 Å². The summed E-state index contributed by atoms with van der Waals surface area (Å²) in [7, 11) is -3.92. The molecule has 0 saturated carbocycles. The summed E-state index contributed by atoms with van der Waals surface area (Å²) in [6, 6.07) is 9.03. The Morgan fingerprint density at radius 1 is 1.06 bits per heavy atom. The van der Waals surface area contributed by atoms with Gasteiger partial charge in [-0.1, -0.05) is 36.4 Å². The summed E-state index contributed by atoms with van der Waals surface area (Å²) in [5.41, 5.74) is 7.42. The molecule has 1 fully saturated rings. The molecule has 0 unspecified atom stereocenters. The average Bonchev–Trinajstić information content (AvgIpc) is 3.59. The van der Waals surface area contributed by atoms with E-state index in [9.17, 15) is 13.2 Å². The first-order valence-electron chi connectivity index (χ1n) is 12.3. The molecule has 7 nitrogen and oxygen atoms in total. The number of hydrogen-bond donors (Lipinski definition) is 2. The largest absolute Gasteiger partial charge is 0.333 e. The molecule has 1 heterocycles. The van der Waals surface area contributed by atoms with Gasteiger partial charge in [0.15, 0.2) is 5.69 Å². The van der Waals surface area contributed by atoms with Gasteiger partial charge in [-0.15, -0.1) is 0 Å². The number of nitrogens with one attached hydrogen (secondary N) is 2. The first kappa shape index (κ1) is 23.6. The van der Waals surface area contributed by atoms with Crippen LogP contribution in [-0.4, -0.2) is 31.9 Å². The van der Waals surface area contributed by atoms with Crippen molar-refractivity contribution < 1.29 is 13.2 Å². The van der Waals surface area contributed by atoms with Crippen molar-refractivity contribution in [2.45, 2.75) is 64.0 Å². The quantitative estimate of drug-likeness (QED) is 0.568. The van der Waals surface area contributed by atoms with Gasteiger partial charge in [0.05, 0.1) is 6.57 Å². The molecule has 8 heteroatoms. The van der Waals surface area contributed by atoms with Gasteiger partial charge in [-0.05, 0) is 85.7 Å². The number of rotatable bonds is 6. The van der Waals surface area contributed by atoms with Crippen molar-refractivity contribution >= 4 is 27.4 Å². The van der Waals surface area contributed by atoms with E-state index in [1.165, 1.54) is 22.3 Å². The van der Waals surface area contributed by atoms with Gasteiger partial charge < -0.3 is 5.32 Å². The molecule has 3 aliphatic rings. The summed E-state index contributed by atoms with van der Waals surface area (Å²) in [6.07, 6.45) is 9.52. The Morgan fingerprint density at radius 3 is 2.40 bits per heavy atom. The topological polar surface area (TPSA) is 82.9 Å². The van der Waals surface area contributed by atoms with Crippen LogP contribution in [-0.2, 0) is 42.3 Å². The van der Waals surface area contributed by atoms with Crippen molar-refractivity contribution in [2.75, 3.05) is 11.9 Å². The lowest BCUT2D eigenvalue weighted by Gasteiger charge is -2.22. The number of anilines is 1. The number of carbonyl (C=O) groups is 1. The summed E-state index contributed by atoms with van der Waals surface area (Å²) in [5, 5.41) is 4.01. The van der Waals surface area contributed by atoms with Crippen molar-refractivity contribution in [2.24, 2.45) is 0 Å². The molecule has 0 radical (unpaired) electrons. The van der Waals surface area contributed by atoms with E-state index in [-0.39, 0.29) is 6.04 Å². The number of aryl methyl sites for hydroxylation is 2. The third-order valence-electron chi connectivity index (χ3n) is 7.29. The van der Waals surface area contributed by atoms with E-state index in [2.05, 4.69) is 25.9 Å². The second kappa shape index (κ2) is 9.84. The van der Waals surface area contributed by atoms with Crippen LogP contribution in [0.2, 0.25) is 0 Å². The molecule has 1 atom stereocenters. The molecule has 2 aromatic rings. The number of hydrogen-bond acceptors (Lipinski definition) is 4. The predicted molar refractivity (Wildman–Crippen MR) is 137 cm³/mol. The highest BCUT2D eigenvalue weighted by Gasteiger charge is 2.26. The number of fused-ring (bicyclic) bond motifs is 2. The lowest BCUT2D eigenvalue weighted by molar-refractivity contribution is 0.256. The lowest BCUT2D eigenvalue weighted by atomic mass is 9.99. The number of amides is 2. The van der Waals surface area contributed by atoms with Gasteiger partial charge in [-0.25, -0.2) is 22.8 Å². The maximum Gasteiger partial charge on any atom is 0.333 e. The van der Waals surface area contributed by atoms with Crippen LogP contribution >= 0.6 is 0 Å². The maximum atomic E-state index is 12.7. The summed E-state index contributed by atoms with van der Waals surface area (Å²) >= 11 is 0. The molecular weight excluding hydrogens is 460 g/mol. The third-order valence-corrected chi connectivity index (χ3v) is 8.28. The van der Waals surface area contributed by atoms with Crippen molar-refractivity contribution in [3.63, 3.8) is 0 Å². The third kappa shape index (κ3) is 5.26. The number of likely N-dealkylation sites (tertiary alicyclic amines) is 1. The zero-order valence-electron chi connectivity index (χ0n) is 19.7.